The monoisotopic (exact) mass is 577 g/mol. The molecule has 0 bridgehead atoms. The first-order valence-corrected chi connectivity index (χ1v) is 14.0. The number of fused-ring (bicyclic) bond motifs is 2. The van der Waals surface area contributed by atoms with Crippen molar-refractivity contribution in [3.63, 3.8) is 0 Å². The molecule has 1 aliphatic carbocycles. The van der Waals surface area contributed by atoms with Crippen LogP contribution in [0.3, 0.4) is 0 Å². The van der Waals surface area contributed by atoms with Crippen LogP contribution in [-0.2, 0) is 22.4 Å². The quantitative estimate of drug-likeness (QED) is 0.256. The number of para-hydroxylation sites is 1. The molecule has 4 aromatic rings. The highest BCUT2D eigenvalue weighted by atomic mass is 79.9. The number of nitrogens with one attached hydrogen (secondary N) is 1. The van der Waals surface area contributed by atoms with Gasteiger partial charge in [-0.1, -0.05) is 67.0 Å². The number of hydrogen-bond donors (Lipinski definition) is 1. The van der Waals surface area contributed by atoms with Crippen molar-refractivity contribution in [2.75, 3.05) is 11.9 Å². The molecule has 0 aliphatic heterocycles. The van der Waals surface area contributed by atoms with Gasteiger partial charge in [0.25, 0.3) is 5.91 Å². The van der Waals surface area contributed by atoms with Crippen molar-refractivity contribution < 1.29 is 14.3 Å². The second-order valence-corrected chi connectivity index (χ2v) is 12.2. The molecule has 1 unspecified atom stereocenters. The second-order valence-electron chi connectivity index (χ2n) is 10.4. The lowest BCUT2D eigenvalue weighted by atomic mass is 9.70. The molecule has 2 aromatic heterocycles. The first-order chi connectivity index (χ1) is 17.7. The van der Waals surface area contributed by atoms with Crippen LogP contribution in [0.5, 0.6) is 0 Å². The zero-order chi connectivity index (χ0) is 26.2. The van der Waals surface area contributed by atoms with Crippen LogP contribution in [0.4, 0.5) is 5.13 Å². The van der Waals surface area contributed by atoms with Crippen LogP contribution in [0.15, 0.2) is 58.4 Å². The van der Waals surface area contributed by atoms with Gasteiger partial charge in [0.05, 0.1) is 16.8 Å². The third kappa shape index (κ3) is 5.60. The van der Waals surface area contributed by atoms with Gasteiger partial charge < -0.3 is 4.74 Å². The first-order valence-electron chi connectivity index (χ1n) is 12.3. The summed E-state index contributed by atoms with van der Waals surface area (Å²) >= 11 is 4.75. The fourth-order valence-corrected chi connectivity index (χ4v) is 5.80. The predicted molar refractivity (Wildman–Crippen MR) is 151 cm³/mol. The lowest BCUT2D eigenvalue weighted by Gasteiger charge is -2.35. The number of pyridine rings is 1. The summed E-state index contributed by atoms with van der Waals surface area (Å²) in [6, 6.07) is 15.4. The van der Waals surface area contributed by atoms with E-state index in [0.717, 1.165) is 57.2 Å². The summed E-state index contributed by atoms with van der Waals surface area (Å²) in [5.41, 5.74) is 5.06. The molecule has 2 heterocycles. The summed E-state index contributed by atoms with van der Waals surface area (Å²) < 4.78 is 6.54. The molecule has 0 fully saturated rings. The normalized spacial score (nSPS) is 15.3. The molecule has 37 heavy (non-hydrogen) atoms. The average molecular weight is 579 g/mol. The predicted octanol–water partition coefficient (Wildman–Crippen LogP) is 7.07. The molecular formula is C29H28BrN3O3S. The largest absolute Gasteiger partial charge is 0.452 e. The van der Waals surface area contributed by atoms with Crippen LogP contribution in [0, 0.1) is 11.3 Å². The zero-order valence-corrected chi connectivity index (χ0v) is 23.4. The van der Waals surface area contributed by atoms with Crippen LogP contribution >= 0.6 is 27.3 Å². The Labute approximate surface area is 228 Å². The Morgan fingerprint density at radius 3 is 2.62 bits per heavy atom. The first kappa shape index (κ1) is 25.5. The Morgan fingerprint density at radius 1 is 1.11 bits per heavy atom. The van der Waals surface area contributed by atoms with Crippen LogP contribution in [0.1, 0.15) is 48.8 Å². The Bertz CT molecular complexity index is 1470. The van der Waals surface area contributed by atoms with E-state index in [1.165, 1.54) is 11.3 Å². The third-order valence-corrected chi connectivity index (χ3v) is 8.20. The van der Waals surface area contributed by atoms with Gasteiger partial charge in [0.15, 0.2) is 11.7 Å². The maximum atomic E-state index is 13.4. The summed E-state index contributed by atoms with van der Waals surface area (Å²) in [4.78, 5) is 35.4. The number of aryl methyl sites for hydroxylation is 1. The van der Waals surface area contributed by atoms with Gasteiger partial charge in [0.1, 0.15) is 0 Å². The number of halogens is 1. The molecule has 6 nitrogen and oxygen atoms in total. The molecule has 2 aromatic carbocycles. The number of nitrogens with zero attached hydrogens (tertiary/aromatic N) is 2. The minimum absolute atomic E-state index is 0.118. The average Bonchev–Trinajstić information content (AvgIpc) is 3.33. The van der Waals surface area contributed by atoms with Gasteiger partial charge in [-0.25, -0.2) is 9.78 Å². The SMILES string of the molecule is CC(C)(C)C1CCc2nc3ccccc3c(C(=O)OCC(=O)Nc3nc(-c4ccc(Br)cc4)cs3)c2C1. The number of carbonyl (C=O) groups excluding carboxylic acids is 2. The summed E-state index contributed by atoms with van der Waals surface area (Å²) in [6.07, 6.45) is 2.63. The fraction of sp³-hybridized carbons (Fsp3) is 0.310. The number of hydrogen-bond acceptors (Lipinski definition) is 6. The summed E-state index contributed by atoms with van der Waals surface area (Å²) in [5, 5.41) is 5.85. The number of carbonyl (C=O) groups is 2. The van der Waals surface area contributed by atoms with Crippen molar-refractivity contribution in [1.29, 1.82) is 0 Å². The van der Waals surface area contributed by atoms with Gasteiger partial charge in [-0.05, 0) is 54.4 Å². The molecule has 8 heteroatoms. The van der Waals surface area contributed by atoms with E-state index >= 15 is 0 Å². The number of esters is 1. The topological polar surface area (TPSA) is 81.2 Å². The Hall–Kier alpha value is -3.10. The van der Waals surface area contributed by atoms with E-state index in [4.69, 9.17) is 9.72 Å². The van der Waals surface area contributed by atoms with E-state index in [9.17, 15) is 9.59 Å². The lowest BCUT2D eigenvalue weighted by Crippen LogP contribution is -2.29. The van der Waals surface area contributed by atoms with E-state index in [2.05, 4.69) is 47.0 Å². The number of benzene rings is 2. The minimum atomic E-state index is -0.491. The molecule has 1 aliphatic rings. The van der Waals surface area contributed by atoms with E-state index in [0.29, 0.717) is 16.6 Å². The smallest absolute Gasteiger partial charge is 0.339 e. The maximum Gasteiger partial charge on any atom is 0.339 e. The van der Waals surface area contributed by atoms with Crippen molar-refractivity contribution in [2.45, 2.75) is 40.0 Å². The van der Waals surface area contributed by atoms with Gasteiger partial charge >= 0.3 is 5.97 Å². The van der Waals surface area contributed by atoms with Gasteiger partial charge in [0, 0.05) is 26.5 Å². The molecule has 0 saturated carbocycles. The molecule has 1 amide bonds. The molecule has 0 saturated heterocycles. The molecule has 190 valence electrons. The summed E-state index contributed by atoms with van der Waals surface area (Å²) in [7, 11) is 0. The van der Waals surface area contributed by atoms with E-state index in [1.807, 2.05) is 53.9 Å². The van der Waals surface area contributed by atoms with Crippen molar-refractivity contribution >= 4 is 55.2 Å². The Morgan fingerprint density at radius 2 is 1.86 bits per heavy atom. The van der Waals surface area contributed by atoms with Crippen LogP contribution in [0.2, 0.25) is 0 Å². The summed E-state index contributed by atoms with van der Waals surface area (Å²) in [6.45, 7) is 6.32. The number of ether oxygens (including phenoxy) is 1. The van der Waals surface area contributed by atoms with E-state index < -0.39 is 11.9 Å². The summed E-state index contributed by atoms with van der Waals surface area (Å²) in [5.74, 6) is -0.485. The molecule has 1 N–H and O–H groups in total. The van der Waals surface area contributed by atoms with Crippen LogP contribution in [-0.4, -0.2) is 28.5 Å². The molecule has 5 rings (SSSR count). The van der Waals surface area contributed by atoms with Gasteiger partial charge in [-0.3, -0.25) is 15.1 Å². The number of rotatable bonds is 5. The van der Waals surface area contributed by atoms with Crippen molar-refractivity contribution in [2.24, 2.45) is 11.3 Å². The maximum absolute atomic E-state index is 13.4. The zero-order valence-electron chi connectivity index (χ0n) is 21.0. The number of aromatic nitrogens is 2. The highest BCUT2D eigenvalue weighted by Gasteiger charge is 2.33. The van der Waals surface area contributed by atoms with E-state index in [1.54, 1.807) is 0 Å². The third-order valence-electron chi connectivity index (χ3n) is 6.91. The van der Waals surface area contributed by atoms with Crippen LogP contribution < -0.4 is 5.32 Å². The van der Waals surface area contributed by atoms with E-state index in [-0.39, 0.29) is 12.0 Å². The Kier molecular flexibility index (Phi) is 7.14. The number of thiazole rings is 1. The molecular weight excluding hydrogens is 550 g/mol. The number of amides is 1. The molecule has 0 spiro atoms. The molecule has 0 radical (unpaired) electrons. The van der Waals surface area contributed by atoms with Crippen molar-refractivity contribution in [3.05, 3.63) is 75.2 Å². The molecule has 1 atom stereocenters. The number of anilines is 1. The minimum Gasteiger partial charge on any atom is -0.452 e. The standard InChI is InChI=1S/C29H28BrN3O3S/c1-29(2,3)18-10-13-23-21(14-18)26(20-6-4-5-7-22(20)31-23)27(35)36-15-25(34)33-28-32-24(16-37-28)17-8-11-19(30)12-9-17/h4-9,11-12,16,18H,10,13-15H2,1-3H3,(H,32,33,34). The van der Waals surface area contributed by atoms with Gasteiger partial charge in [-0.15, -0.1) is 11.3 Å². The second kappa shape index (κ2) is 10.3. The van der Waals surface area contributed by atoms with Crippen LogP contribution in [0.25, 0.3) is 22.2 Å². The highest BCUT2D eigenvalue weighted by Crippen LogP contribution is 2.39. The Balaban J connectivity index is 1.32. The van der Waals surface area contributed by atoms with Crippen molar-refractivity contribution in [3.8, 4) is 11.3 Å². The van der Waals surface area contributed by atoms with Gasteiger partial charge in [0.2, 0.25) is 0 Å². The lowest BCUT2D eigenvalue weighted by molar-refractivity contribution is -0.119. The van der Waals surface area contributed by atoms with Gasteiger partial charge in [-0.2, -0.15) is 0 Å². The highest BCUT2D eigenvalue weighted by molar-refractivity contribution is 9.10. The fourth-order valence-electron chi connectivity index (χ4n) is 4.80. The van der Waals surface area contributed by atoms with Crippen molar-refractivity contribution in [1.82, 2.24) is 9.97 Å².